The van der Waals surface area contributed by atoms with Crippen molar-refractivity contribution in [3.63, 3.8) is 0 Å². The average molecular weight is 473 g/mol. The Morgan fingerprint density at radius 3 is 2.23 bits per heavy atom. The van der Waals surface area contributed by atoms with E-state index in [2.05, 4.69) is 57.4 Å². The minimum absolute atomic E-state index is 0.00355. The fraction of sp³-hybridized carbons (Fsp3) is 1.00. The van der Waals surface area contributed by atoms with Crippen molar-refractivity contribution < 1.29 is 0 Å². The maximum Gasteiger partial charge on any atom is 0.0761 e. The summed E-state index contributed by atoms with van der Waals surface area (Å²) < 4.78 is 0.410. The summed E-state index contributed by atoms with van der Waals surface area (Å²) in [5, 5.41) is 0.605. The molecule has 0 rings (SSSR count). The van der Waals surface area contributed by atoms with E-state index in [9.17, 15) is 0 Å². The minimum Gasteiger partial charge on any atom is -0.179 e. The lowest BCUT2D eigenvalue weighted by Crippen LogP contribution is -2.26. The number of thioether (sulfide) groups is 4. The molecule has 0 spiro atoms. The van der Waals surface area contributed by atoms with E-state index in [-0.39, 0.29) is 4.08 Å². The fourth-order valence-electron chi connectivity index (χ4n) is 1.43. The van der Waals surface area contributed by atoms with E-state index in [4.69, 9.17) is 12.6 Å². The van der Waals surface area contributed by atoms with Gasteiger partial charge in [-0.3, -0.25) is 0 Å². The van der Waals surface area contributed by atoms with Crippen LogP contribution in [0.15, 0.2) is 0 Å². The van der Waals surface area contributed by atoms with Gasteiger partial charge in [-0.2, -0.15) is 86.7 Å². The highest BCUT2D eigenvalue weighted by Crippen LogP contribution is 2.39. The van der Waals surface area contributed by atoms with Crippen molar-refractivity contribution in [3.8, 4) is 0 Å². The lowest BCUT2D eigenvalue weighted by atomic mass is 10.5. The lowest BCUT2D eigenvalue weighted by Gasteiger charge is -2.29. The highest BCUT2D eigenvalue weighted by atomic mass is 32.2. The highest BCUT2D eigenvalue weighted by molar-refractivity contribution is 8.16. The summed E-state index contributed by atoms with van der Waals surface area (Å²) in [5.74, 6) is 8.12. The first-order valence-corrected chi connectivity index (χ1v) is 14.3. The first kappa shape index (κ1) is 25.1. The molecule has 9 heteroatoms. The van der Waals surface area contributed by atoms with Gasteiger partial charge in [0, 0.05) is 44.3 Å². The molecule has 0 aliphatic heterocycles. The Morgan fingerprint density at radius 2 is 1.68 bits per heavy atom. The number of thiol groups is 5. The zero-order valence-electron chi connectivity index (χ0n) is 12.9. The van der Waals surface area contributed by atoms with Crippen LogP contribution in [0.4, 0.5) is 0 Å². The van der Waals surface area contributed by atoms with Crippen molar-refractivity contribution in [3.05, 3.63) is 0 Å². The molecular formula is C13H28S9. The van der Waals surface area contributed by atoms with E-state index >= 15 is 0 Å². The molecule has 0 heterocycles. The zero-order valence-corrected chi connectivity index (χ0v) is 20.6. The van der Waals surface area contributed by atoms with Crippen LogP contribution in [0.3, 0.4) is 0 Å². The van der Waals surface area contributed by atoms with E-state index in [1.807, 2.05) is 47.0 Å². The van der Waals surface area contributed by atoms with E-state index < -0.39 is 0 Å². The number of rotatable bonds is 15. The van der Waals surface area contributed by atoms with Gasteiger partial charge in [0.1, 0.15) is 0 Å². The third kappa shape index (κ3) is 13.4. The monoisotopic (exact) mass is 472 g/mol. The topological polar surface area (TPSA) is 0 Å². The van der Waals surface area contributed by atoms with Gasteiger partial charge in [-0.05, 0) is 17.9 Å². The normalized spacial score (nSPS) is 17.2. The Balaban J connectivity index is 4.25. The fourth-order valence-corrected chi connectivity index (χ4v) is 8.28. The van der Waals surface area contributed by atoms with Crippen molar-refractivity contribution in [1.29, 1.82) is 0 Å². The molecule has 134 valence electrons. The summed E-state index contributed by atoms with van der Waals surface area (Å²) in [5.41, 5.74) is 0. The van der Waals surface area contributed by atoms with Crippen LogP contribution < -0.4 is 0 Å². The van der Waals surface area contributed by atoms with Gasteiger partial charge in [-0.15, -0.1) is 23.5 Å². The molecule has 0 saturated carbocycles. The molecule has 0 aromatic rings. The van der Waals surface area contributed by atoms with Crippen LogP contribution in [0.25, 0.3) is 0 Å². The van der Waals surface area contributed by atoms with Gasteiger partial charge in [0.15, 0.2) is 0 Å². The van der Waals surface area contributed by atoms with Gasteiger partial charge < -0.3 is 0 Å². The molecule has 0 nitrogen and oxygen atoms in total. The Hall–Kier alpha value is 3.15. The molecule has 0 aromatic heterocycles. The van der Waals surface area contributed by atoms with Gasteiger partial charge in [0.2, 0.25) is 0 Å². The SMILES string of the molecule is CCC(S)SCC(S)(CSCC(CS)SCCS)SCCS. The van der Waals surface area contributed by atoms with Gasteiger partial charge >= 0.3 is 0 Å². The van der Waals surface area contributed by atoms with Crippen molar-refractivity contribution >= 4 is 110 Å². The predicted molar refractivity (Wildman–Crippen MR) is 135 cm³/mol. The second-order valence-electron chi connectivity index (χ2n) is 4.61. The molecule has 3 unspecified atom stereocenters. The Morgan fingerprint density at radius 1 is 1.00 bits per heavy atom. The molecule has 0 aliphatic carbocycles. The van der Waals surface area contributed by atoms with E-state index in [0.717, 1.165) is 52.4 Å². The van der Waals surface area contributed by atoms with Crippen LogP contribution in [-0.2, 0) is 0 Å². The van der Waals surface area contributed by atoms with Crippen molar-refractivity contribution in [2.45, 2.75) is 27.3 Å². The molecule has 0 bridgehead atoms. The van der Waals surface area contributed by atoms with E-state index in [1.54, 1.807) is 0 Å². The molecule has 0 N–H and O–H groups in total. The van der Waals surface area contributed by atoms with Gasteiger partial charge in [-0.25, -0.2) is 0 Å². The molecule has 3 atom stereocenters. The van der Waals surface area contributed by atoms with Gasteiger partial charge in [0.25, 0.3) is 0 Å². The number of hydrogen-bond acceptors (Lipinski definition) is 9. The molecule has 0 aromatic carbocycles. The summed E-state index contributed by atoms with van der Waals surface area (Å²) in [6.07, 6.45) is 1.09. The average Bonchev–Trinajstić information content (AvgIpc) is 2.54. The van der Waals surface area contributed by atoms with Gasteiger partial charge in [-0.1, -0.05) is 6.92 Å². The molecular weight excluding hydrogens is 445 g/mol. The van der Waals surface area contributed by atoms with Crippen molar-refractivity contribution in [1.82, 2.24) is 0 Å². The van der Waals surface area contributed by atoms with E-state index in [0.29, 0.717) is 9.83 Å². The van der Waals surface area contributed by atoms with Crippen LogP contribution in [0, 0.1) is 0 Å². The maximum atomic E-state index is 4.98. The van der Waals surface area contributed by atoms with Crippen LogP contribution in [-0.4, -0.2) is 59.9 Å². The molecule has 0 saturated heterocycles. The molecule has 0 amide bonds. The molecule has 22 heavy (non-hydrogen) atoms. The Bertz CT molecular complexity index is 254. The van der Waals surface area contributed by atoms with Crippen LogP contribution in [0.5, 0.6) is 0 Å². The second kappa shape index (κ2) is 16.3. The third-order valence-corrected chi connectivity index (χ3v) is 12.0. The lowest BCUT2D eigenvalue weighted by molar-refractivity contribution is 1.03. The quantitative estimate of drug-likeness (QED) is 0.160. The molecule has 0 fully saturated rings. The zero-order chi connectivity index (χ0) is 16.8. The summed E-state index contributed by atoms with van der Waals surface area (Å²) in [6.45, 7) is 2.18. The van der Waals surface area contributed by atoms with Crippen molar-refractivity contribution in [2.75, 3.05) is 46.0 Å². The van der Waals surface area contributed by atoms with Crippen LogP contribution >= 0.6 is 110 Å². The van der Waals surface area contributed by atoms with Gasteiger partial charge in [0.05, 0.1) is 4.08 Å². The second-order valence-corrected chi connectivity index (χ2v) is 13.1. The van der Waals surface area contributed by atoms with Crippen LogP contribution in [0.1, 0.15) is 13.3 Å². The Labute approximate surface area is 181 Å². The highest BCUT2D eigenvalue weighted by Gasteiger charge is 2.27. The summed E-state index contributed by atoms with van der Waals surface area (Å²) in [7, 11) is 0. The minimum atomic E-state index is 0.00355. The number of hydrogen-bond donors (Lipinski definition) is 5. The summed E-state index contributed by atoms with van der Waals surface area (Å²) in [6, 6.07) is 0. The first-order valence-electron chi connectivity index (χ1n) is 7.19. The van der Waals surface area contributed by atoms with E-state index in [1.165, 1.54) is 0 Å². The third-order valence-electron chi connectivity index (χ3n) is 2.59. The maximum absolute atomic E-state index is 4.98. The first-order chi connectivity index (χ1) is 10.5. The summed E-state index contributed by atoms with van der Waals surface area (Å²) in [4.78, 5) is 0. The van der Waals surface area contributed by atoms with Crippen LogP contribution in [0.2, 0.25) is 0 Å². The molecule has 0 aliphatic rings. The van der Waals surface area contributed by atoms with Crippen molar-refractivity contribution in [2.24, 2.45) is 0 Å². The largest absolute Gasteiger partial charge is 0.179 e. The smallest absolute Gasteiger partial charge is 0.0761 e. The summed E-state index contributed by atoms with van der Waals surface area (Å²) >= 11 is 30.5. The molecule has 0 radical (unpaired) electrons. The standard InChI is InChI=1S/C13H28S9/c1-2-12(17)21-10-13(18,22-6-4-15)9-19-8-11(7-16)20-5-3-14/h11-12,14-18H,2-10H2,1H3. The Kier molecular flexibility index (Phi) is 18.7. The predicted octanol–water partition coefficient (Wildman–Crippen LogP) is 5.37.